The molecule has 2 aliphatic heterocycles. The van der Waals surface area contributed by atoms with Crippen LogP contribution in [0.2, 0.25) is 0 Å². The molecule has 3 aliphatic rings. The molecule has 2 saturated heterocycles. The van der Waals surface area contributed by atoms with Crippen molar-refractivity contribution in [2.75, 3.05) is 26.3 Å². The van der Waals surface area contributed by atoms with Crippen LogP contribution in [0.15, 0.2) is 0 Å². The fourth-order valence-corrected chi connectivity index (χ4v) is 3.86. The summed E-state index contributed by atoms with van der Waals surface area (Å²) in [6, 6.07) is 0. The molecule has 3 fully saturated rings. The largest absolute Gasteiger partial charge is 0.347 e. The van der Waals surface area contributed by atoms with Crippen LogP contribution in [0.5, 0.6) is 0 Å². The third-order valence-corrected chi connectivity index (χ3v) is 5.21. The lowest BCUT2D eigenvalue weighted by molar-refractivity contribution is -0.189. The standard InChI is InChI=1S/C15H25NO3/c1-14(2)5-3-4-12(14)13(17)16-8-6-15(7-9-16)18-10-11-19-15/h12H,3-11H2,1-2H3. The van der Waals surface area contributed by atoms with Gasteiger partial charge in [-0.3, -0.25) is 4.79 Å². The number of nitrogens with zero attached hydrogens (tertiary/aromatic N) is 1. The molecule has 0 radical (unpaired) electrons. The van der Waals surface area contributed by atoms with Crippen LogP contribution < -0.4 is 0 Å². The summed E-state index contributed by atoms with van der Waals surface area (Å²) in [4.78, 5) is 14.7. The minimum atomic E-state index is -0.373. The van der Waals surface area contributed by atoms with Crippen LogP contribution in [0.25, 0.3) is 0 Å². The third-order valence-electron chi connectivity index (χ3n) is 5.21. The lowest BCUT2D eigenvalue weighted by atomic mass is 9.80. The van der Waals surface area contributed by atoms with Gasteiger partial charge in [-0.25, -0.2) is 0 Å². The summed E-state index contributed by atoms with van der Waals surface area (Å²) >= 11 is 0. The topological polar surface area (TPSA) is 38.8 Å². The minimum Gasteiger partial charge on any atom is -0.347 e. The van der Waals surface area contributed by atoms with Crippen molar-refractivity contribution in [3.05, 3.63) is 0 Å². The number of piperidine rings is 1. The van der Waals surface area contributed by atoms with E-state index in [9.17, 15) is 4.79 Å². The third kappa shape index (κ3) is 2.40. The van der Waals surface area contributed by atoms with Gasteiger partial charge in [-0.2, -0.15) is 0 Å². The van der Waals surface area contributed by atoms with Crippen molar-refractivity contribution in [3.63, 3.8) is 0 Å². The zero-order valence-electron chi connectivity index (χ0n) is 12.1. The fourth-order valence-electron chi connectivity index (χ4n) is 3.86. The van der Waals surface area contributed by atoms with Crippen LogP contribution in [0.1, 0.15) is 46.0 Å². The Morgan fingerprint density at radius 3 is 2.26 bits per heavy atom. The quantitative estimate of drug-likeness (QED) is 0.731. The molecule has 0 aromatic heterocycles. The SMILES string of the molecule is CC1(C)CCCC1C(=O)N1CCC2(CC1)OCCO2. The molecule has 1 spiro atoms. The summed E-state index contributed by atoms with van der Waals surface area (Å²) in [7, 11) is 0. The second-order valence-corrected chi connectivity index (χ2v) is 6.87. The number of carbonyl (C=O) groups excluding carboxylic acids is 1. The van der Waals surface area contributed by atoms with Gasteiger partial charge in [0.05, 0.1) is 13.2 Å². The first-order valence-electron chi connectivity index (χ1n) is 7.59. The molecular formula is C15H25NO3. The Balaban J connectivity index is 1.60. The van der Waals surface area contributed by atoms with E-state index in [0.29, 0.717) is 19.1 Å². The molecule has 0 N–H and O–H groups in total. The predicted octanol–water partition coefficient (Wildman–Crippen LogP) is 2.18. The molecule has 1 unspecified atom stereocenters. The molecule has 1 aliphatic carbocycles. The molecule has 4 heteroatoms. The van der Waals surface area contributed by atoms with E-state index in [0.717, 1.165) is 32.4 Å². The first-order chi connectivity index (χ1) is 9.03. The maximum absolute atomic E-state index is 12.7. The molecule has 0 bridgehead atoms. The number of amides is 1. The van der Waals surface area contributed by atoms with Gasteiger partial charge in [0.1, 0.15) is 0 Å². The number of ether oxygens (including phenoxy) is 2. The van der Waals surface area contributed by atoms with Crippen LogP contribution in [0, 0.1) is 11.3 Å². The van der Waals surface area contributed by atoms with E-state index in [1.165, 1.54) is 12.8 Å². The normalized spacial score (nSPS) is 32.9. The summed E-state index contributed by atoms with van der Waals surface area (Å²) in [6.07, 6.45) is 5.07. The van der Waals surface area contributed by atoms with Gasteiger partial charge >= 0.3 is 0 Å². The van der Waals surface area contributed by atoms with Gasteiger partial charge < -0.3 is 14.4 Å². The van der Waals surface area contributed by atoms with Gasteiger partial charge in [0.25, 0.3) is 0 Å². The van der Waals surface area contributed by atoms with E-state index in [1.54, 1.807) is 0 Å². The Hall–Kier alpha value is -0.610. The van der Waals surface area contributed by atoms with Gasteiger partial charge in [0.15, 0.2) is 5.79 Å². The molecule has 4 nitrogen and oxygen atoms in total. The van der Waals surface area contributed by atoms with Crippen molar-refractivity contribution in [3.8, 4) is 0 Å². The molecule has 19 heavy (non-hydrogen) atoms. The Morgan fingerprint density at radius 2 is 1.74 bits per heavy atom. The van der Waals surface area contributed by atoms with Crippen LogP contribution >= 0.6 is 0 Å². The van der Waals surface area contributed by atoms with E-state index in [1.807, 2.05) is 4.90 Å². The first kappa shape index (κ1) is 13.4. The summed E-state index contributed by atoms with van der Waals surface area (Å²) in [5, 5.41) is 0. The highest BCUT2D eigenvalue weighted by Crippen LogP contribution is 2.44. The maximum atomic E-state index is 12.7. The van der Waals surface area contributed by atoms with Crippen molar-refractivity contribution in [1.29, 1.82) is 0 Å². The number of likely N-dealkylation sites (tertiary alicyclic amines) is 1. The van der Waals surface area contributed by atoms with E-state index < -0.39 is 0 Å². The zero-order chi connectivity index (χ0) is 13.5. The van der Waals surface area contributed by atoms with Gasteiger partial charge in [-0.05, 0) is 18.3 Å². The smallest absolute Gasteiger partial charge is 0.226 e. The fraction of sp³-hybridized carbons (Fsp3) is 0.933. The van der Waals surface area contributed by atoms with Gasteiger partial charge in [0.2, 0.25) is 5.91 Å². The summed E-state index contributed by atoms with van der Waals surface area (Å²) < 4.78 is 11.4. The Bertz CT molecular complexity index is 350. The second kappa shape index (κ2) is 4.74. The molecule has 1 amide bonds. The number of hydrogen-bond acceptors (Lipinski definition) is 3. The van der Waals surface area contributed by atoms with E-state index >= 15 is 0 Å². The van der Waals surface area contributed by atoms with Crippen molar-refractivity contribution in [2.24, 2.45) is 11.3 Å². The summed E-state index contributed by atoms with van der Waals surface area (Å²) in [5.41, 5.74) is 0.173. The molecule has 2 heterocycles. The van der Waals surface area contributed by atoms with Gasteiger partial charge in [-0.15, -0.1) is 0 Å². The van der Waals surface area contributed by atoms with Crippen molar-refractivity contribution in [1.82, 2.24) is 4.90 Å². The first-order valence-corrected chi connectivity index (χ1v) is 7.59. The Labute approximate surface area is 115 Å². The molecule has 108 valence electrons. The van der Waals surface area contributed by atoms with Gasteiger partial charge in [-0.1, -0.05) is 20.3 Å². The molecule has 0 aromatic rings. The average Bonchev–Trinajstić information content (AvgIpc) is 2.96. The zero-order valence-corrected chi connectivity index (χ0v) is 12.1. The number of rotatable bonds is 1. The molecule has 3 rings (SSSR count). The van der Waals surface area contributed by atoms with Crippen LogP contribution in [-0.4, -0.2) is 42.9 Å². The molecule has 1 atom stereocenters. The van der Waals surface area contributed by atoms with Gasteiger partial charge in [0, 0.05) is 31.8 Å². The highest BCUT2D eigenvalue weighted by Gasteiger charge is 2.45. The van der Waals surface area contributed by atoms with Crippen LogP contribution in [0.4, 0.5) is 0 Å². The Kier molecular flexibility index (Phi) is 3.34. The summed E-state index contributed by atoms with van der Waals surface area (Å²) in [6.45, 7) is 7.43. The number of carbonyl (C=O) groups is 1. The van der Waals surface area contributed by atoms with Crippen molar-refractivity contribution < 1.29 is 14.3 Å². The van der Waals surface area contributed by atoms with E-state index in [-0.39, 0.29) is 17.1 Å². The Morgan fingerprint density at radius 1 is 1.11 bits per heavy atom. The van der Waals surface area contributed by atoms with Crippen LogP contribution in [-0.2, 0) is 14.3 Å². The van der Waals surface area contributed by atoms with E-state index in [2.05, 4.69) is 13.8 Å². The highest BCUT2D eigenvalue weighted by molar-refractivity contribution is 5.80. The number of hydrogen-bond donors (Lipinski definition) is 0. The lowest BCUT2D eigenvalue weighted by Crippen LogP contribution is -2.50. The average molecular weight is 267 g/mol. The van der Waals surface area contributed by atoms with Crippen molar-refractivity contribution in [2.45, 2.75) is 51.7 Å². The van der Waals surface area contributed by atoms with E-state index in [4.69, 9.17) is 9.47 Å². The maximum Gasteiger partial charge on any atom is 0.226 e. The van der Waals surface area contributed by atoms with Crippen molar-refractivity contribution >= 4 is 5.91 Å². The highest BCUT2D eigenvalue weighted by atomic mass is 16.7. The van der Waals surface area contributed by atoms with Crippen LogP contribution in [0.3, 0.4) is 0 Å². The molecule has 0 aromatic carbocycles. The predicted molar refractivity (Wildman–Crippen MR) is 71.6 cm³/mol. The minimum absolute atomic E-state index is 0.173. The lowest BCUT2D eigenvalue weighted by Gasteiger charge is -2.40. The molecular weight excluding hydrogens is 242 g/mol. The summed E-state index contributed by atoms with van der Waals surface area (Å²) in [5.74, 6) is 0.199. The monoisotopic (exact) mass is 267 g/mol. The molecule has 1 saturated carbocycles. The second-order valence-electron chi connectivity index (χ2n) is 6.87.